The molecule has 1 aliphatic rings. The first-order valence-electron chi connectivity index (χ1n) is 14.1. The molecule has 0 bridgehead atoms. The first kappa shape index (κ1) is 30.8. The Morgan fingerprint density at radius 2 is 1.59 bits per heavy atom. The molecule has 0 unspecified atom stereocenters. The quantitative estimate of drug-likeness (QED) is 0.284. The topological polar surface area (TPSA) is 86.8 Å². The van der Waals surface area contributed by atoms with Crippen LogP contribution < -0.4 is 9.62 Å². The van der Waals surface area contributed by atoms with Crippen LogP contribution in [0.4, 0.5) is 5.69 Å². The number of hydrogen-bond donors (Lipinski definition) is 1. The summed E-state index contributed by atoms with van der Waals surface area (Å²) in [5, 5.41) is 3.19. The molecule has 4 rings (SSSR count). The minimum absolute atomic E-state index is 0.0770. The van der Waals surface area contributed by atoms with Gasteiger partial charge in [-0.3, -0.25) is 13.9 Å². The van der Waals surface area contributed by atoms with Crippen molar-refractivity contribution in [3.05, 3.63) is 100 Å². The lowest BCUT2D eigenvalue weighted by atomic mass is 10.0. The summed E-state index contributed by atoms with van der Waals surface area (Å²) < 4.78 is 27.9. The van der Waals surface area contributed by atoms with Crippen LogP contribution in [0.25, 0.3) is 0 Å². The second-order valence-electron chi connectivity index (χ2n) is 10.6. The van der Waals surface area contributed by atoms with E-state index in [1.807, 2.05) is 73.7 Å². The monoisotopic (exact) mass is 639 g/mol. The fraction of sp³-hybridized carbons (Fsp3) is 0.375. The highest BCUT2D eigenvalue weighted by molar-refractivity contribution is 9.10. The van der Waals surface area contributed by atoms with Crippen molar-refractivity contribution in [2.45, 2.75) is 64.1 Å². The van der Waals surface area contributed by atoms with Crippen molar-refractivity contribution in [2.75, 3.05) is 17.1 Å². The molecule has 218 valence electrons. The smallest absolute Gasteiger partial charge is 0.244 e. The fourth-order valence-electron chi connectivity index (χ4n) is 5.27. The Kier molecular flexibility index (Phi) is 10.6. The molecule has 0 heterocycles. The first-order chi connectivity index (χ1) is 19.6. The summed E-state index contributed by atoms with van der Waals surface area (Å²) in [6.45, 7) is 1.76. The van der Waals surface area contributed by atoms with E-state index in [4.69, 9.17) is 0 Å². The van der Waals surface area contributed by atoms with Gasteiger partial charge in [0.1, 0.15) is 12.6 Å². The van der Waals surface area contributed by atoms with Crippen LogP contribution in [0.1, 0.15) is 49.3 Å². The zero-order valence-corrected chi connectivity index (χ0v) is 26.0. The van der Waals surface area contributed by atoms with Crippen LogP contribution in [0.5, 0.6) is 0 Å². The number of carbonyl (C=O) groups excluding carboxylic acids is 2. The maximum absolute atomic E-state index is 14.2. The second kappa shape index (κ2) is 14.1. The Bertz CT molecular complexity index is 1420. The summed E-state index contributed by atoms with van der Waals surface area (Å²) in [7, 11) is -3.79. The predicted molar refractivity (Wildman–Crippen MR) is 167 cm³/mol. The standard InChI is InChI=1S/C32H38BrN3O4S/c1-3-24-16-18-29(19-17-24)36(41(2,39)40)23-31(37)35(22-26-12-9-13-27(33)20-26)30(21-25-10-5-4-6-11-25)32(38)34-28-14-7-8-15-28/h4-6,9-13,16-20,28,30H,3,7-8,14-15,21-23H2,1-2H3,(H,34,38)/t30-/m1/s1. The van der Waals surface area contributed by atoms with E-state index in [2.05, 4.69) is 21.2 Å². The van der Waals surface area contributed by atoms with Crippen LogP contribution in [-0.2, 0) is 39.0 Å². The average Bonchev–Trinajstić information content (AvgIpc) is 3.46. The first-order valence-corrected chi connectivity index (χ1v) is 16.7. The number of hydrogen-bond acceptors (Lipinski definition) is 4. The largest absolute Gasteiger partial charge is 0.352 e. The second-order valence-corrected chi connectivity index (χ2v) is 13.5. The maximum Gasteiger partial charge on any atom is 0.244 e. The van der Waals surface area contributed by atoms with Crippen LogP contribution >= 0.6 is 15.9 Å². The minimum atomic E-state index is -3.79. The number of rotatable bonds is 12. The third kappa shape index (κ3) is 8.66. The number of amides is 2. The normalized spacial score (nSPS) is 14.4. The molecule has 41 heavy (non-hydrogen) atoms. The molecule has 1 atom stereocenters. The van der Waals surface area contributed by atoms with Crippen molar-refractivity contribution in [3.8, 4) is 0 Å². The van der Waals surface area contributed by atoms with Crippen LogP contribution in [-0.4, -0.2) is 50.0 Å². The van der Waals surface area contributed by atoms with Gasteiger partial charge in [-0.15, -0.1) is 0 Å². The number of aryl methyl sites for hydroxylation is 1. The minimum Gasteiger partial charge on any atom is -0.352 e. The van der Waals surface area contributed by atoms with Crippen LogP contribution in [0, 0.1) is 0 Å². The third-order valence-electron chi connectivity index (χ3n) is 7.53. The van der Waals surface area contributed by atoms with Gasteiger partial charge < -0.3 is 10.2 Å². The van der Waals surface area contributed by atoms with Crippen molar-refractivity contribution in [3.63, 3.8) is 0 Å². The van der Waals surface area contributed by atoms with E-state index < -0.39 is 28.5 Å². The predicted octanol–water partition coefficient (Wildman–Crippen LogP) is 5.48. The van der Waals surface area contributed by atoms with Gasteiger partial charge >= 0.3 is 0 Å². The highest BCUT2D eigenvalue weighted by atomic mass is 79.9. The number of carbonyl (C=O) groups is 2. The summed E-state index contributed by atoms with van der Waals surface area (Å²) in [5.74, 6) is -0.667. The molecule has 2 amide bonds. The molecule has 0 spiro atoms. The summed E-state index contributed by atoms with van der Waals surface area (Å²) in [5.41, 5.74) is 3.23. The number of anilines is 1. The summed E-state index contributed by atoms with van der Waals surface area (Å²) >= 11 is 3.51. The molecule has 3 aromatic carbocycles. The highest BCUT2D eigenvalue weighted by Gasteiger charge is 2.34. The Labute approximate surface area is 252 Å². The molecule has 0 aliphatic heterocycles. The van der Waals surface area contributed by atoms with E-state index in [1.165, 1.54) is 4.90 Å². The van der Waals surface area contributed by atoms with Crippen molar-refractivity contribution in [1.29, 1.82) is 0 Å². The van der Waals surface area contributed by atoms with E-state index in [0.717, 1.165) is 63.8 Å². The molecule has 9 heteroatoms. The molecule has 0 aromatic heterocycles. The number of benzene rings is 3. The van der Waals surface area contributed by atoms with E-state index in [1.54, 1.807) is 12.1 Å². The van der Waals surface area contributed by atoms with Gasteiger partial charge in [-0.1, -0.05) is 90.3 Å². The van der Waals surface area contributed by atoms with Crippen molar-refractivity contribution >= 4 is 43.5 Å². The number of nitrogens with zero attached hydrogens (tertiary/aromatic N) is 2. The van der Waals surface area contributed by atoms with Gasteiger partial charge in [0, 0.05) is 23.5 Å². The van der Waals surface area contributed by atoms with Gasteiger partial charge in [0.2, 0.25) is 21.8 Å². The van der Waals surface area contributed by atoms with Crippen molar-refractivity contribution in [2.24, 2.45) is 0 Å². The number of sulfonamides is 1. The summed E-state index contributed by atoms with van der Waals surface area (Å²) in [6, 6.07) is 23.6. The molecular formula is C32H38BrN3O4S. The fourth-order valence-corrected chi connectivity index (χ4v) is 6.56. The SMILES string of the molecule is CCc1ccc(N(CC(=O)N(Cc2cccc(Br)c2)[C@H](Cc2ccccc2)C(=O)NC2CCCC2)S(C)(=O)=O)cc1. The van der Waals surface area contributed by atoms with Crippen LogP contribution in [0.2, 0.25) is 0 Å². The molecule has 0 radical (unpaired) electrons. The van der Waals surface area contributed by atoms with E-state index >= 15 is 0 Å². The van der Waals surface area contributed by atoms with Crippen molar-refractivity contribution in [1.82, 2.24) is 10.2 Å². The lowest BCUT2D eigenvalue weighted by molar-refractivity contribution is -0.140. The Morgan fingerprint density at radius 1 is 0.927 bits per heavy atom. The Hall–Kier alpha value is -3.17. The maximum atomic E-state index is 14.2. The van der Waals surface area contributed by atoms with Crippen molar-refractivity contribution < 1.29 is 18.0 Å². The molecule has 1 aliphatic carbocycles. The van der Waals surface area contributed by atoms with Gasteiger partial charge in [0.05, 0.1) is 11.9 Å². The van der Waals surface area contributed by atoms with E-state index in [0.29, 0.717) is 12.1 Å². The Balaban J connectivity index is 1.71. The number of nitrogens with one attached hydrogen (secondary N) is 1. The molecule has 0 saturated heterocycles. The summed E-state index contributed by atoms with van der Waals surface area (Å²) in [6.07, 6.45) is 6.18. The zero-order chi connectivity index (χ0) is 29.4. The van der Waals surface area contributed by atoms with E-state index in [-0.39, 0.29) is 18.5 Å². The molecular weight excluding hydrogens is 602 g/mol. The van der Waals surface area contributed by atoms with E-state index in [9.17, 15) is 18.0 Å². The average molecular weight is 641 g/mol. The molecule has 7 nitrogen and oxygen atoms in total. The third-order valence-corrected chi connectivity index (χ3v) is 9.16. The molecule has 1 N–H and O–H groups in total. The molecule has 1 saturated carbocycles. The van der Waals surface area contributed by atoms with Gasteiger partial charge in [-0.25, -0.2) is 8.42 Å². The molecule has 3 aromatic rings. The highest BCUT2D eigenvalue weighted by Crippen LogP contribution is 2.23. The zero-order valence-electron chi connectivity index (χ0n) is 23.6. The lowest BCUT2D eigenvalue weighted by Gasteiger charge is -2.34. The van der Waals surface area contributed by atoms with Gasteiger partial charge in [0.15, 0.2) is 0 Å². The van der Waals surface area contributed by atoms with Gasteiger partial charge in [-0.2, -0.15) is 0 Å². The van der Waals surface area contributed by atoms with Gasteiger partial charge in [-0.05, 0) is 60.2 Å². The summed E-state index contributed by atoms with van der Waals surface area (Å²) in [4.78, 5) is 29.6. The lowest BCUT2D eigenvalue weighted by Crippen LogP contribution is -2.54. The molecule has 1 fully saturated rings. The van der Waals surface area contributed by atoms with Crippen LogP contribution in [0.15, 0.2) is 83.3 Å². The van der Waals surface area contributed by atoms with Gasteiger partial charge in [0.25, 0.3) is 0 Å². The van der Waals surface area contributed by atoms with Crippen LogP contribution in [0.3, 0.4) is 0 Å². The number of halogens is 1. The Morgan fingerprint density at radius 3 is 2.20 bits per heavy atom.